The SMILES string of the molecule is COc1c(OC2CCCN(C)C2)cccc1C(N)C(=O)O. The lowest BCUT2D eigenvalue weighted by atomic mass is 10.1. The van der Waals surface area contributed by atoms with E-state index in [4.69, 9.17) is 20.3 Å². The van der Waals surface area contributed by atoms with E-state index in [0.717, 1.165) is 25.9 Å². The van der Waals surface area contributed by atoms with Crippen LogP contribution >= 0.6 is 0 Å². The van der Waals surface area contributed by atoms with E-state index in [-0.39, 0.29) is 6.10 Å². The van der Waals surface area contributed by atoms with Crippen molar-refractivity contribution in [2.75, 3.05) is 27.2 Å². The van der Waals surface area contributed by atoms with Crippen LogP contribution in [0.25, 0.3) is 0 Å². The largest absolute Gasteiger partial charge is 0.492 e. The van der Waals surface area contributed by atoms with Gasteiger partial charge < -0.3 is 25.2 Å². The maximum absolute atomic E-state index is 11.1. The zero-order chi connectivity index (χ0) is 15.4. The third-order valence-corrected chi connectivity index (χ3v) is 3.69. The first-order chi connectivity index (χ1) is 10.0. The molecule has 1 aliphatic heterocycles. The zero-order valence-corrected chi connectivity index (χ0v) is 12.4. The summed E-state index contributed by atoms with van der Waals surface area (Å²) in [5.74, 6) is -0.143. The molecule has 21 heavy (non-hydrogen) atoms. The van der Waals surface area contributed by atoms with Crippen LogP contribution in [0.5, 0.6) is 11.5 Å². The molecule has 1 aliphatic rings. The number of ether oxygens (including phenoxy) is 2. The first-order valence-corrected chi connectivity index (χ1v) is 7.03. The Bertz CT molecular complexity index is 506. The lowest BCUT2D eigenvalue weighted by Crippen LogP contribution is -2.38. The molecule has 6 heteroatoms. The van der Waals surface area contributed by atoms with Crippen molar-refractivity contribution in [1.29, 1.82) is 0 Å². The number of benzene rings is 1. The van der Waals surface area contributed by atoms with Crippen LogP contribution in [0.2, 0.25) is 0 Å². The third-order valence-electron chi connectivity index (χ3n) is 3.69. The van der Waals surface area contributed by atoms with Gasteiger partial charge in [0.1, 0.15) is 12.1 Å². The van der Waals surface area contributed by atoms with E-state index in [1.54, 1.807) is 18.2 Å². The van der Waals surface area contributed by atoms with Gasteiger partial charge in [-0.1, -0.05) is 12.1 Å². The van der Waals surface area contributed by atoms with Gasteiger partial charge in [-0.15, -0.1) is 0 Å². The number of aliphatic carboxylic acids is 1. The zero-order valence-electron chi connectivity index (χ0n) is 12.4. The molecule has 1 fully saturated rings. The van der Waals surface area contributed by atoms with E-state index in [0.29, 0.717) is 17.1 Å². The first-order valence-electron chi connectivity index (χ1n) is 7.03. The quantitative estimate of drug-likeness (QED) is 0.850. The summed E-state index contributed by atoms with van der Waals surface area (Å²) < 4.78 is 11.3. The molecule has 1 heterocycles. The molecule has 6 nitrogen and oxygen atoms in total. The molecule has 0 radical (unpaired) electrons. The summed E-state index contributed by atoms with van der Waals surface area (Å²) in [6.45, 7) is 1.92. The van der Waals surface area contributed by atoms with Crippen LogP contribution in [0.1, 0.15) is 24.4 Å². The van der Waals surface area contributed by atoms with Crippen LogP contribution in [0.3, 0.4) is 0 Å². The lowest BCUT2D eigenvalue weighted by molar-refractivity contribution is -0.138. The molecule has 1 aromatic carbocycles. The molecule has 2 unspecified atom stereocenters. The van der Waals surface area contributed by atoms with Crippen molar-refractivity contribution in [2.24, 2.45) is 5.73 Å². The second-order valence-corrected chi connectivity index (χ2v) is 5.34. The summed E-state index contributed by atoms with van der Waals surface area (Å²) in [5, 5.41) is 9.07. The normalized spacial score (nSPS) is 20.8. The molecular weight excluding hydrogens is 272 g/mol. The Balaban J connectivity index is 2.23. The Morgan fingerprint density at radius 3 is 2.90 bits per heavy atom. The summed E-state index contributed by atoms with van der Waals surface area (Å²) >= 11 is 0. The fourth-order valence-electron chi connectivity index (χ4n) is 2.62. The maximum atomic E-state index is 11.1. The number of nitrogens with zero attached hydrogens (tertiary/aromatic N) is 1. The summed E-state index contributed by atoms with van der Waals surface area (Å²) in [7, 11) is 3.55. The number of rotatable bonds is 5. The Kier molecular flexibility index (Phi) is 5.03. The van der Waals surface area contributed by atoms with Gasteiger partial charge in [0.25, 0.3) is 0 Å². The summed E-state index contributed by atoms with van der Waals surface area (Å²) in [6, 6.07) is 4.04. The number of hydrogen-bond donors (Lipinski definition) is 2. The topological polar surface area (TPSA) is 85.0 Å². The van der Waals surface area contributed by atoms with Gasteiger partial charge in [0, 0.05) is 12.1 Å². The Labute approximate surface area is 124 Å². The molecule has 116 valence electrons. The third kappa shape index (κ3) is 3.65. The van der Waals surface area contributed by atoms with E-state index in [9.17, 15) is 4.79 Å². The van der Waals surface area contributed by atoms with Gasteiger partial charge in [-0.2, -0.15) is 0 Å². The average Bonchev–Trinajstić information content (AvgIpc) is 2.46. The van der Waals surface area contributed by atoms with Crippen LogP contribution in [-0.4, -0.2) is 49.3 Å². The van der Waals surface area contributed by atoms with Gasteiger partial charge in [0.15, 0.2) is 11.5 Å². The minimum Gasteiger partial charge on any atom is -0.492 e. The van der Waals surface area contributed by atoms with E-state index in [1.165, 1.54) is 7.11 Å². The monoisotopic (exact) mass is 294 g/mol. The fourth-order valence-corrected chi connectivity index (χ4v) is 2.62. The smallest absolute Gasteiger partial charge is 0.325 e. The molecule has 0 saturated carbocycles. The highest BCUT2D eigenvalue weighted by molar-refractivity contribution is 5.77. The van der Waals surface area contributed by atoms with Gasteiger partial charge in [-0.3, -0.25) is 4.79 Å². The van der Waals surface area contributed by atoms with E-state index >= 15 is 0 Å². The molecular formula is C15H22N2O4. The summed E-state index contributed by atoms with van der Waals surface area (Å²) in [5.41, 5.74) is 6.12. The highest BCUT2D eigenvalue weighted by atomic mass is 16.5. The van der Waals surface area contributed by atoms with Gasteiger partial charge in [0.05, 0.1) is 7.11 Å². The number of piperidine rings is 1. The van der Waals surface area contributed by atoms with Crippen molar-refractivity contribution in [2.45, 2.75) is 25.0 Å². The second kappa shape index (κ2) is 6.78. The summed E-state index contributed by atoms with van der Waals surface area (Å²) in [6.07, 6.45) is 2.13. The van der Waals surface area contributed by atoms with Gasteiger partial charge in [-0.05, 0) is 32.5 Å². The standard InChI is InChI=1S/C15H22N2O4/c1-17-8-4-5-10(9-17)21-12-7-3-6-11(14(12)20-2)13(16)15(18)19/h3,6-7,10,13H,4-5,8-9,16H2,1-2H3,(H,18,19). The number of carbonyl (C=O) groups is 1. The number of methoxy groups -OCH3 is 1. The Morgan fingerprint density at radius 2 is 2.29 bits per heavy atom. The van der Waals surface area contributed by atoms with E-state index in [2.05, 4.69) is 11.9 Å². The number of nitrogens with two attached hydrogens (primary N) is 1. The maximum Gasteiger partial charge on any atom is 0.325 e. The van der Waals surface area contributed by atoms with Gasteiger partial charge in [0.2, 0.25) is 0 Å². The number of carboxylic acid groups (broad SMARTS) is 1. The molecule has 0 aromatic heterocycles. The van der Waals surface area contributed by atoms with E-state index in [1.807, 2.05) is 0 Å². The fraction of sp³-hybridized carbons (Fsp3) is 0.533. The number of hydrogen-bond acceptors (Lipinski definition) is 5. The minimum absolute atomic E-state index is 0.0777. The highest BCUT2D eigenvalue weighted by Gasteiger charge is 2.24. The Morgan fingerprint density at radius 1 is 1.52 bits per heavy atom. The first kappa shape index (κ1) is 15.6. The van der Waals surface area contributed by atoms with Crippen molar-refractivity contribution < 1.29 is 19.4 Å². The molecule has 2 atom stereocenters. The molecule has 0 bridgehead atoms. The number of para-hydroxylation sites is 1. The highest BCUT2D eigenvalue weighted by Crippen LogP contribution is 2.35. The number of carboxylic acids is 1. The number of likely N-dealkylation sites (tertiary alicyclic amines) is 1. The Hall–Kier alpha value is -1.79. The molecule has 0 spiro atoms. The van der Waals surface area contributed by atoms with Gasteiger partial charge in [-0.25, -0.2) is 0 Å². The minimum atomic E-state index is -1.13. The lowest BCUT2D eigenvalue weighted by Gasteiger charge is -2.30. The molecule has 0 aliphatic carbocycles. The van der Waals surface area contributed by atoms with Crippen LogP contribution < -0.4 is 15.2 Å². The predicted molar refractivity (Wildman–Crippen MR) is 78.7 cm³/mol. The van der Waals surface area contributed by atoms with Crippen molar-refractivity contribution in [3.05, 3.63) is 23.8 Å². The molecule has 1 saturated heterocycles. The molecule has 3 N–H and O–H groups in total. The number of likely N-dealkylation sites (N-methyl/N-ethyl adjacent to an activating group) is 1. The molecule has 1 aromatic rings. The van der Waals surface area contributed by atoms with Crippen molar-refractivity contribution in [3.63, 3.8) is 0 Å². The van der Waals surface area contributed by atoms with E-state index < -0.39 is 12.0 Å². The molecule has 2 rings (SSSR count). The van der Waals surface area contributed by atoms with Crippen LogP contribution in [-0.2, 0) is 4.79 Å². The van der Waals surface area contributed by atoms with Crippen molar-refractivity contribution >= 4 is 5.97 Å². The van der Waals surface area contributed by atoms with Crippen LogP contribution in [0.4, 0.5) is 0 Å². The predicted octanol–water partition coefficient (Wildman–Crippen LogP) is 1.25. The average molecular weight is 294 g/mol. The molecule has 0 amide bonds. The van der Waals surface area contributed by atoms with Crippen molar-refractivity contribution in [1.82, 2.24) is 4.90 Å². The van der Waals surface area contributed by atoms with Crippen molar-refractivity contribution in [3.8, 4) is 11.5 Å². The summed E-state index contributed by atoms with van der Waals surface area (Å²) in [4.78, 5) is 13.3. The van der Waals surface area contributed by atoms with Crippen LogP contribution in [0, 0.1) is 0 Å². The van der Waals surface area contributed by atoms with Gasteiger partial charge >= 0.3 is 5.97 Å². The van der Waals surface area contributed by atoms with Crippen LogP contribution in [0.15, 0.2) is 18.2 Å². The second-order valence-electron chi connectivity index (χ2n) is 5.34.